The Kier molecular flexibility index (Phi) is 6.12. The molecule has 0 N–H and O–H groups in total. The number of ether oxygens (including phenoxy) is 3. The maximum Gasteiger partial charge on any atom is 0.573 e. The lowest BCUT2D eigenvalue weighted by atomic mass is 10.1. The van der Waals surface area contributed by atoms with E-state index in [-0.39, 0.29) is 17.7 Å². The number of benzene rings is 1. The fourth-order valence-electron chi connectivity index (χ4n) is 1.65. The maximum absolute atomic E-state index is 12.4. The number of nitriles is 1. The average Bonchev–Trinajstić information content (AvgIpc) is 2.40. The van der Waals surface area contributed by atoms with E-state index in [1.807, 2.05) is 0 Å². The van der Waals surface area contributed by atoms with Crippen LogP contribution in [0.25, 0.3) is 0 Å². The smallest absolute Gasteiger partial charge is 0.466 e. The zero-order chi connectivity index (χ0) is 17.6. The van der Waals surface area contributed by atoms with Crippen LogP contribution in [-0.4, -0.2) is 25.6 Å². The van der Waals surface area contributed by atoms with E-state index in [9.17, 15) is 26.7 Å². The molecule has 5 nitrogen and oxygen atoms in total. The van der Waals surface area contributed by atoms with E-state index in [0.717, 1.165) is 6.07 Å². The minimum atomic E-state index is -5.20. The van der Waals surface area contributed by atoms with Gasteiger partial charge in [-0.1, -0.05) is 0 Å². The van der Waals surface area contributed by atoms with Gasteiger partial charge in [0.2, 0.25) is 0 Å². The van der Waals surface area contributed by atoms with Crippen LogP contribution in [0.1, 0.15) is 18.1 Å². The maximum atomic E-state index is 12.4. The molecule has 0 bridgehead atoms. The Morgan fingerprint density at radius 2 is 2.00 bits per heavy atom. The summed E-state index contributed by atoms with van der Waals surface area (Å²) >= 11 is 0. The van der Waals surface area contributed by atoms with E-state index in [2.05, 4.69) is 14.2 Å². The molecule has 10 heteroatoms. The summed E-state index contributed by atoms with van der Waals surface area (Å²) < 4.78 is 74.2. The van der Waals surface area contributed by atoms with E-state index in [1.54, 1.807) is 0 Å². The second-order valence-electron chi connectivity index (χ2n) is 3.98. The summed E-state index contributed by atoms with van der Waals surface area (Å²) in [6, 6.07) is 3.06. The SMILES string of the molecule is CCOC(=O)Cc1cc(C#N)cc(OC(F)(F)F)c1OC(F)F. The number of rotatable bonds is 6. The fraction of sp³-hybridized carbons (Fsp3) is 0.385. The topological polar surface area (TPSA) is 68.6 Å². The highest BCUT2D eigenvalue weighted by atomic mass is 19.4. The zero-order valence-electron chi connectivity index (χ0n) is 11.6. The van der Waals surface area contributed by atoms with Gasteiger partial charge in [-0.2, -0.15) is 14.0 Å². The normalized spacial score (nSPS) is 11.0. The highest BCUT2D eigenvalue weighted by Crippen LogP contribution is 2.38. The third-order valence-corrected chi connectivity index (χ3v) is 2.33. The molecule has 0 radical (unpaired) electrons. The number of esters is 1. The van der Waals surface area contributed by atoms with Crippen molar-refractivity contribution in [2.24, 2.45) is 0 Å². The Balaban J connectivity index is 3.36. The lowest BCUT2D eigenvalue weighted by Crippen LogP contribution is -2.19. The predicted octanol–water partition coefficient (Wildman–Crippen LogP) is 3.16. The molecule has 23 heavy (non-hydrogen) atoms. The molecule has 0 saturated heterocycles. The van der Waals surface area contributed by atoms with Gasteiger partial charge >= 0.3 is 18.9 Å². The molecule has 0 fully saturated rings. The predicted molar refractivity (Wildman–Crippen MR) is 64.8 cm³/mol. The van der Waals surface area contributed by atoms with Crippen LogP contribution >= 0.6 is 0 Å². The number of nitrogens with zero attached hydrogens (tertiary/aromatic N) is 1. The molecule has 0 unspecified atom stereocenters. The molecule has 0 aliphatic rings. The van der Waals surface area contributed by atoms with E-state index in [1.165, 1.54) is 13.0 Å². The molecular weight excluding hydrogens is 329 g/mol. The molecule has 0 saturated carbocycles. The van der Waals surface area contributed by atoms with E-state index < -0.39 is 36.9 Å². The zero-order valence-corrected chi connectivity index (χ0v) is 11.6. The van der Waals surface area contributed by atoms with Crippen molar-refractivity contribution in [3.63, 3.8) is 0 Å². The van der Waals surface area contributed by atoms with Crippen LogP contribution in [0.15, 0.2) is 12.1 Å². The van der Waals surface area contributed by atoms with Gasteiger partial charge in [-0.15, -0.1) is 13.2 Å². The number of carbonyl (C=O) groups is 1. The van der Waals surface area contributed by atoms with Gasteiger partial charge in [0.25, 0.3) is 0 Å². The molecule has 0 aliphatic carbocycles. The molecule has 126 valence electrons. The van der Waals surface area contributed by atoms with Crippen molar-refractivity contribution in [2.45, 2.75) is 26.3 Å². The molecule has 0 atom stereocenters. The Morgan fingerprint density at radius 3 is 2.48 bits per heavy atom. The molecule has 1 rings (SSSR count). The first-order valence-corrected chi connectivity index (χ1v) is 6.09. The second kappa shape index (κ2) is 7.62. The molecule has 1 aromatic carbocycles. The van der Waals surface area contributed by atoms with Crippen molar-refractivity contribution in [1.82, 2.24) is 0 Å². The monoisotopic (exact) mass is 339 g/mol. The minimum absolute atomic E-state index is 0.0201. The van der Waals surface area contributed by atoms with Gasteiger partial charge in [-0.3, -0.25) is 4.79 Å². The number of carbonyl (C=O) groups excluding carboxylic acids is 1. The quantitative estimate of drug-likeness (QED) is 0.588. The molecule has 0 spiro atoms. The number of alkyl halides is 5. The molecular formula is C13H10F5NO4. The summed E-state index contributed by atoms with van der Waals surface area (Å²) in [4.78, 5) is 11.4. The van der Waals surface area contributed by atoms with Gasteiger partial charge in [0, 0.05) is 11.6 Å². The molecule has 0 aliphatic heterocycles. The molecule has 0 amide bonds. The second-order valence-corrected chi connectivity index (χ2v) is 3.98. The van der Waals surface area contributed by atoms with Gasteiger partial charge in [0.05, 0.1) is 24.7 Å². The van der Waals surface area contributed by atoms with Crippen molar-refractivity contribution >= 4 is 5.97 Å². The van der Waals surface area contributed by atoms with E-state index in [0.29, 0.717) is 6.07 Å². The van der Waals surface area contributed by atoms with Crippen LogP contribution in [0.2, 0.25) is 0 Å². The van der Waals surface area contributed by atoms with Crippen molar-refractivity contribution in [3.8, 4) is 17.6 Å². The highest BCUT2D eigenvalue weighted by Gasteiger charge is 2.34. The van der Waals surface area contributed by atoms with Gasteiger partial charge in [0.15, 0.2) is 11.5 Å². The van der Waals surface area contributed by atoms with Crippen LogP contribution in [0.3, 0.4) is 0 Å². The fourth-order valence-corrected chi connectivity index (χ4v) is 1.65. The van der Waals surface area contributed by atoms with E-state index >= 15 is 0 Å². The Hall–Kier alpha value is -2.57. The largest absolute Gasteiger partial charge is 0.573 e. The van der Waals surface area contributed by atoms with Crippen molar-refractivity contribution in [3.05, 3.63) is 23.3 Å². The van der Waals surface area contributed by atoms with E-state index in [4.69, 9.17) is 5.26 Å². The standard InChI is InChI=1S/C13H10F5NO4/c1-2-21-10(20)5-8-3-7(6-19)4-9(23-13(16,17)18)11(8)22-12(14)15/h3-4,12H,2,5H2,1H3. The number of hydrogen-bond donors (Lipinski definition) is 0. The third-order valence-electron chi connectivity index (χ3n) is 2.33. The molecule has 0 aromatic heterocycles. The lowest BCUT2D eigenvalue weighted by molar-refractivity contribution is -0.275. The average molecular weight is 339 g/mol. The summed E-state index contributed by atoms with van der Waals surface area (Å²) in [5, 5.41) is 8.80. The van der Waals surface area contributed by atoms with Crippen molar-refractivity contribution in [1.29, 1.82) is 5.26 Å². The lowest BCUT2D eigenvalue weighted by Gasteiger charge is -2.17. The van der Waals surface area contributed by atoms with Gasteiger partial charge in [-0.25, -0.2) is 0 Å². The number of hydrogen-bond acceptors (Lipinski definition) is 5. The van der Waals surface area contributed by atoms with Crippen molar-refractivity contribution < 1.29 is 41.0 Å². The summed E-state index contributed by atoms with van der Waals surface area (Å²) in [7, 11) is 0. The summed E-state index contributed by atoms with van der Waals surface area (Å²) in [5.74, 6) is -3.01. The Morgan fingerprint density at radius 1 is 1.35 bits per heavy atom. The Bertz CT molecular complexity index is 610. The minimum Gasteiger partial charge on any atom is -0.466 e. The van der Waals surface area contributed by atoms with Gasteiger partial charge in [0.1, 0.15) is 0 Å². The van der Waals surface area contributed by atoms with Crippen LogP contribution in [-0.2, 0) is 16.0 Å². The third kappa shape index (κ3) is 5.98. The first-order chi connectivity index (χ1) is 10.7. The molecule has 0 heterocycles. The van der Waals surface area contributed by atoms with Crippen LogP contribution in [0.5, 0.6) is 11.5 Å². The van der Waals surface area contributed by atoms with Crippen LogP contribution in [0, 0.1) is 11.3 Å². The Labute approximate surface area is 127 Å². The summed E-state index contributed by atoms with van der Waals surface area (Å²) in [6.07, 6.45) is -5.87. The van der Waals surface area contributed by atoms with Crippen molar-refractivity contribution in [2.75, 3.05) is 6.61 Å². The first kappa shape index (κ1) is 18.5. The molecule has 1 aromatic rings. The van der Waals surface area contributed by atoms with Gasteiger partial charge in [-0.05, 0) is 13.0 Å². The number of halogens is 5. The summed E-state index contributed by atoms with van der Waals surface area (Å²) in [6.45, 7) is -1.99. The van der Waals surface area contributed by atoms with Gasteiger partial charge < -0.3 is 14.2 Å². The van der Waals surface area contributed by atoms with Crippen LogP contribution in [0.4, 0.5) is 22.0 Å². The summed E-state index contributed by atoms with van der Waals surface area (Å²) in [5.41, 5.74) is -0.716. The first-order valence-electron chi connectivity index (χ1n) is 6.09. The van der Waals surface area contributed by atoms with Crippen LogP contribution < -0.4 is 9.47 Å². The highest BCUT2D eigenvalue weighted by molar-refractivity contribution is 5.74.